The summed E-state index contributed by atoms with van der Waals surface area (Å²) >= 11 is 0. The minimum Gasteiger partial charge on any atom is -0.486 e. The minimum absolute atomic E-state index is 0.0836. The normalized spacial score (nSPS) is 20.5. The van der Waals surface area contributed by atoms with Gasteiger partial charge in [-0.2, -0.15) is 0 Å². The van der Waals surface area contributed by atoms with Crippen LogP contribution in [0.3, 0.4) is 0 Å². The molecule has 2 aliphatic rings. The number of ketones is 1. The van der Waals surface area contributed by atoms with E-state index in [2.05, 4.69) is 4.90 Å². The van der Waals surface area contributed by atoms with Crippen LogP contribution in [0.25, 0.3) is 0 Å². The Balaban J connectivity index is 1.68. The van der Waals surface area contributed by atoms with Crippen LogP contribution in [0.1, 0.15) is 36.0 Å². The van der Waals surface area contributed by atoms with Crippen molar-refractivity contribution in [3.63, 3.8) is 0 Å². The average molecular weight is 307 g/mol. The fraction of sp³-hybridized carbons (Fsp3) is 0.500. The van der Waals surface area contributed by atoms with Crippen molar-refractivity contribution in [1.29, 1.82) is 0 Å². The van der Waals surface area contributed by atoms with Crippen molar-refractivity contribution in [3.05, 3.63) is 29.6 Å². The smallest absolute Gasteiger partial charge is 0.304 e. The van der Waals surface area contributed by atoms with Crippen LogP contribution in [-0.2, 0) is 4.79 Å². The van der Waals surface area contributed by atoms with Gasteiger partial charge in [0.15, 0.2) is 5.78 Å². The Hall–Kier alpha value is -1.95. The number of carbonyl (C=O) groups excluding carboxylic acids is 1. The third-order valence-electron chi connectivity index (χ3n) is 4.46. The number of ether oxygens (including phenoxy) is 1. The first-order chi connectivity index (χ1) is 10.5. The summed E-state index contributed by atoms with van der Waals surface area (Å²) in [6.45, 7) is 1.93. The van der Waals surface area contributed by atoms with Crippen molar-refractivity contribution in [2.45, 2.75) is 31.3 Å². The average Bonchev–Trinajstić information content (AvgIpc) is 2.48. The van der Waals surface area contributed by atoms with Crippen molar-refractivity contribution in [3.8, 4) is 5.75 Å². The molecule has 2 heterocycles. The van der Waals surface area contributed by atoms with Crippen LogP contribution in [0.4, 0.5) is 4.39 Å². The van der Waals surface area contributed by atoms with Gasteiger partial charge in [-0.05, 0) is 18.2 Å². The van der Waals surface area contributed by atoms with E-state index in [0.29, 0.717) is 43.8 Å². The Bertz CT molecular complexity index is 608. The number of piperidine rings is 1. The summed E-state index contributed by atoms with van der Waals surface area (Å²) in [6, 6.07) is 4.04. The lowest BCUT2D eigenvalue weighted by Crippen LogP contribution is -2.51. The number of aliphatic carboxylic acids is 1. The third-order valence-corrected chi connectivity index (χ3v) is 4.46. The molecule has 6 heteroatoms. The van der Waals surface area contributed by atoms with Crippen LogP contribution in [0.5, 0.6) is 5.75 Å². The highest BCUT2D eigenvalue weighted by molar-refractivity contribution is 6.00. The van der Waals surface area contributed by atoms with Crippen LogP contribution >= 0.6 is 0 Å². The molecule has 0 bridgehead atoms. The molecular weight excluding hydrogens is 289 g/mol. The molecule has 1 aromatic carbocycles. The number of carboxylic acid groups (broad SMARTS) is 1. The molecule has 0 amide bonds. The lowest BCUT2D eigenvalue weighted by Gasteiger charge is -2.43. The number of hydrogen-bond donors (Lipinski definition) is 1. The number of hydrogen-bond acceptors (Lipinski definition) is 4. The fourth-order valence-corrected chi connectivity index (χ4v) is 3.18. The molecule has 0 aliphatic carbocycles. The van der Waals surface area contributed by atoms with E-state index in [1.54, 1.807) is 0 Å². The molecule has 1 N–H and O–H groups in total. The number of halogens is 1. The summed E-state index contributed by atoms with van der Waals surface area (Å²) in [4.78, 5) is 25.0. The molecule has 2 aliphatic heterocycles. The molecule has 118 valence electrons. The van der Waals surface area contributed by atoms with Gasteiger partial charge in [0.05, 0.1) is 18.4 Å². The SMILES string of the molecule is O=C(O)CCN1CCC2(CC1)CC(=O)c1cc(F)ccc1O2. The van der Waals surface area contributed by atoms with E-state index >= 15 is 0 Å². The lowest BCUT2D eigenvalue weighted by atomic mass is 9.82. The fourth-order valence-electron chi connectivity index (χ4n) is 3.18. The molecule has 0 aromatic heterocycles. The van der Waals surface area contributed by atoms with Crippen molar-refractivity contribution >= 4 is 11.8 Å². The summed E-state index contributed by atoms with van der Waals surface area (Å²) in [5.41, 5.74) is -0.208. The van der Waals surface area contributed by atoms with Gasteiger partial charge in [0.25, 0.3) is 0 Å². The Morgan fingerprint density at radius 1 is 1.36 bits per heavy atom. The molecule has 1 saturated heterocycles. The number of benzene rings is 1. The van der Waals surface area contributed by atoms with E-state index in [0.717, 1.165) is 0 Å². The van der Waals surface area contributed by atoms with Crippen LogP contribution in [0.2, 0.25) is 0 Å². The van der Waals surface area contributed by atoms with E-state index in [4.69, 9.17) is 9.84 Å². The first-order valence-electron chi connectivity index (χ1n) is 7.43. The van der Waals surface area contributed by atoms with Crippen molar-refractivity contribution in [1.82, 2.24) is 4.90 Å². The maximum atomic E-state index is 13.2. The molecular formula is C16H18FNO4. The van der Waals surface area contributed by atoms with Gasteiger partial charge >= 0.3 is 5.97 Å². The van der Waals surface area contributed by atoms with E-state index in [1.807, 2.05) is 0 Å². The lowest BCUT2D eigenvalue weighted by molar-refractivity contribution is -0.137. The number of rotatable bonds is 3. The summed E-state index contributed by atoms with van der Waals surface area (Å²) in [7, 11) is 0. The monoisotopic (exact) mass is 307 g/mol. The molecule has 0 atom stereocenters. The Kier molecular flexibility index (Phi) is 3.87. The maximum Gasteiger partial charge on any atom is 0.304 e. The van der Waals surface area contributed by atoms with Gasteiger partial charge in [-0.3, -0.25) is 9.59 Å². The number of fused-ring (bicyclic) bond motifs is 1. The standard InChI is InChI=1S/C16H18FNO4/c17-11-1-2-14-12(9-11)13(19)10-16(22-14)4-7-18(8-5-16)6-3-15(20)21/h1-2,9H,3-8,10H2,(H,20,21). The molecule has 0 saturated carbocycles. The maximum absolute atomic E-state index is 13.2. The van der Waals surface area contributed by atoms with Gasteiger partial charge < -0.3 is 14.7 Å². The molecule has 0 unspecified atom stereocenters. The van der Waals surface area contributed by atoms with Gasteiger partial charge in [0.1, 0.15) is 17.2 Å². The predicted molar refractivity (Wildman–Crippen MR) is 76.6 cm³/mol. The van der Waals surface area contributed by atoms with E-state index in [9.17, 15) is 14.0 Å². The zero-order chi connectivity index (χ0) is 15.7. The quantitative estimate of drug-likeness (QED) is 0.926. The summed E-state index contributed by atoms with van der Waals surface area (Å²) < 4.78 is 19.3. The van der Waals surface area contributed by atoms with E-state index in [-0.39, 0.29) is 18.6 Å². The molecule has 1 fully saturated rings. The van der Waals surface area contributed by atoms with E-state index < -0.39 is 17.4 Å². The highest BCUT2D eigenvalue weighted by atomic mass is 19.1. The van der Waals surface area contributed by atoms with Crippen molar-refractivity contribution < 1.29 is 23.8 Å². The van der Waals surface area contributed by atoms with Gasteiger partial charge in [0, 0.05) is 32.5 Å². The zero-order valence-corrected chi connectivity index (χ0v) is 12.2. The number of likely N-dealkylation sites (tertiary alicyclic amines) is 1. The van der Waals surface area contributed by atoms with Crippen LogP contribution in [-0.4, -0.2) is 47.0 Å². The van der Waals surface area contributed by atoms with Crippen LogP contribution in [0.15, 0.2) is 18.2 Å². The second-order valence-electron chi connectivity index (χ2n) is 6.01. The van der Waals surface area contributed by atoms with Gasteiger partial charge in [-0.15, -0.1) is 0 Å². The summed E-state index contributed by atoms with van der Waals surface area (Å²) in [6.07, 6.45) is 1.73. The van der Waals surface area contributed by atoms with Crippen molar-refractivity contribution in [2.75, 3.05) is 19.6 Å². The Morgan fingerprint density at radius 3 is 2.77 bits per heavy atom. The third kappa shape index (κ3) is 2.97. The predicted octanol–water partition coefficient (Wildman–Crippen LogP) is 2.10. The largest absolute Gasteiger partial charge is 0.486 e. The first-order valence-corrected chi connectivity index (χ1v) is 7.43. The number of nitrogens with zero attached hydrogens (tertiary/aromatic N) is 1. The van der Waals surface area contributed by atoms with Crippen LogP contribution < -0.4 is 4.74 Å². The van der Waals surface area contributed by atoms with Crippen molar-refractivity contribution in [2.24, 2.45) is 0 Å². The zero-order valence-electron chi connectivity index (χ0n) is 12.2. The Morgan fingerprint density at radius 2 is 2.09 bits per heavy atom. The van der Waals surface area contributed by atoms with Crippen LogP contribution in [0, 0.1) is 5.82 Å². The number of carbonyl (C=O) groups is 2. The second-order valence-corrected chi connectivity index (χ2v) is 6.01. The highest BCUT2D eigenvalue weighted by Crippen LogP contribution is 2.39. The highest BCUT2D eigenvalue weighted by Gasteiger charge is 2.42. The molecule has 1 spiro atoms. The first kappa shape index (κ1) is 15.0. The Labute approximate surface area is 127 Å². The molecule has 5 nitrogen and oxygen atoms in total. The summed E-state index contributed by atoms with van der Waals surface area (Å²) in [5, 5.41) is 8.73. The number of carboxylic acids is 1. The molecule has 1 aromatic rings. The molecule has 22 heavy (non-hydrogen) atoms. The minimum atomic E-state index is -0.805. The molecule has 3 rings (SSSR count). The topological polar surface area (TPSA) is 66.8 Å². The van der Waals surface area contributed by atoms with E-state index in [1.165, 1.54) is 18.2 Å². The van der Waals surface area contributed by atoms with Gasteiger partial charge in [-0.25, -0.2) is 4.39 Å². The number of Topliss-reactive ketones (excluding diaryl/α,β-unsaturated/α-hetero) is 1. The summed E-state index contributed by atoms with van der Waals surface area (Å²) in [5.74, 6) is -0.869. The molecule has 0 radical (unpaired) electrons. The second kappa shape index (κ2) is 5.68. The van der Waals surface area contributed by atoms with Gasteiger partial charge in [0.2, 0.25) is 0 Å². The van der Waals surface area contributed by atoms with Gasteiger partial charge in [-0.1, -0.05) is 0 Å².